The molecule has 0 atom stereocenters. The Kier molecular flexibility index (Phi) is 5.62. The summed E-state index contributed by atoms with van der Waals surface area (Å²) in [5, 5.41) is 14.3. The zero-order chi connectivity index (χ0) is 24.7. The second-order valence-corrected chi connectivity index (χ2v) is 8.62. The fourth-order valence-electron chi connectivity index (χ4n) is 4.38. The highest BCUT2D eigenvalue weighted by atomic mass is 19.4. The molecule has 35 heavy (non-hydrogen) atoms. The Balaban J connectivity index is 1.62. The number of nitrogens with one attached hydrogen (secondary N) is 1. The molecule has 0 aliphatic rings. The van der Waals surface area contributed by atoms with Gasteiger partial charge in [0.25, 0.3) is 0 Å². The van der Waals surface area contributed by atoms with E-state index in [1.54, 1.807) is 0 Å². The maximum atomic E-state index is 13.1. The summed E-state index contributed by atoms with van der Waals surface area (Å²) in [6.45, 7) is 5.98. The first kappa shape index (κ1) is 22.8. The lowest BCUT2D eigenvalue weighted by Crippen LogP contribution is -2.11. The Morgan fingerprint density at radius 1 is 0.914 bits per heavy atom. The number of nitrogens with zero attached hydrogens (tertiary/aromatic N) is 5. The van der Waals surface area contributed by atoms with Gasteiger partial charge in [0.1, 0.15) is 5.82 Å². The number of H-pyrrole nitrogens is 1. The predicted octanol–water partition coefficient (Wildman–Crippen LogP) is 6.29. The van der Waals surface area contributed by atoms with Gasteiger partial charge in [0.2, 0.25) is 5.82 Å². The van der Waals surface area contributed by atoms with Crippen molar-refractivity contribution in [2.45, 2.75) is 39.8 Å². The highest BCUT2D eigenvalue weighted by molar-refractivity contribution is 5.84. The van der Waals surface area contributed by atoms with Crippen molar-refractivity contribution >= 4 is 11.0 Å². The van der Waals surface area contributed by atoms with E-state index < -0.39 is 12.6 Å². The predicted molar refractivity (Wildman–Crippen MR) is 128 cm³/mol. The molecule has 0 unspecified atom stereocenters. The molecule has 1 N–H and O–H groups in total. The molecule has 0 aliphatic heterocycles. The lowest BCUT2D eigenvalue weighted by atomic mass is 9.99. The molecule has 0 saturated heterocycles. The summed E-state index contributed by atoms with van der Waals surface area (Å²) in [4.78, 5) is 4.66. The van der Waals surface area contributed by atoms with Crippen molar-refractivity contribution in [3.63, 3.8) is 0 Å². The number of hydrogen-bond donors (Lipinski definition) is 1. The molecule has 0 fully saturated rings. The Morgan fingerprint density at radius 3 is 2.29 bits per heavy atom. The molecule has 6 nitrogen and oxygen atoms in total. The van der Waals surface area contributed by atoms with Gasteiger partial charge in [-0.25, -0.2) is 4.98 Å². The van der Waals surface area contributed by atoms with Crippen LogP contribution in [0.25, 0.3) is 39.2 Å². The van der Waals surface area contributed by atoms with E-state index in [0.717, 1.165) is 50.1 Å². The van der Waals surface area contributed by atoms with Gasteiger partial charge in [-0.2, -0.15) is 18.4 Å². The first-order chi connectivity index (χ1) is 16.7. The van der Waals surface area contributed by atoms with E-state index >= 15 is 0 Å². The minimum atomic E-state index is -4.26. The Bertz CT molecular complexity index is 1500. The lowest BCUT2D eigenvalue weighted by Gasteiger charge is -2.13. The number of benzene rings is 3. The fourth-order valence-corrected chi connectivity index (χ4v) is 4.38. The van der Waals surface area contributed by atoms with Crippen molar-refractivity contribution < 1.29 is 13.2 Å². The second kappa shape index (κ2) is 8.65. The number of imidazole rings is 1. The van der Waals surface area contributed by atoms with Crippen LogP contribution in [0.1, 0.15) is 28.9 Å². The number of fused-ring (bicyclic) bond motifs is 1. The minimum absolute atomic E-state index is 0.196. The van der Waals surface area contributed by atoms with Crippen LogP contribution in [0.3, 0.4) is 0 Å². The van der Waals surface area contributed by atoms with Crippen LogP contribution in [0.4, 0.5) is 13.2 Å². The molecule has 3 aromatic carbocycles. The molecule has 0 aliphatic carbocycles. The standard InChI is InChI=1S/C26H23F3N6/c1-15-14-22-24(17(3)16(15)2)30-23(12-13-26(27,28)29)35(22)19-10-8-18(9-11-19)20-6-4-5-7-21(20)25-31-33-34-32-25/h4-11,14H,12-13H2,1-3H3,(H,31,32,33,34). The zero-order valence-corrected chi connectivity index (χ0v) is 19.5. The third kappa shape index (κ3) is 4.29. The van der Waals surface area contributed by atoms with E-state index in [1.165, 1.54) is 0 Å². The summed E-state index contributed by atoms with van der Waals surface area (Å²) in [6, 6.07) is 17.4. The van der Waals surface area contributed by atoms with E-state index in [2.05, 4.69) is 25.6 Å². The molecule has 0 radical (unpaired) electrons. The lowest BCUT2D eigenvalue weighted by molar-refractivity contribution is -0.134. The molecule has 5 rings (SSSR count). The van der Waals surface area contributed by atoms with E-state index in [9.17, 15) is 13.2 Å². The van der Waals surface area contributed by atoms with Gasteiger partial charge in [-0.1, -0.05) is 36.4 Å². The highest BCUT2D eigenvalue weighted by Crippen LogP contribution is 2.33. The topological polar surface area (TPSA) is 72.3 Å². The van der Waals surface area contributed by atoms with E-state index in [0.29, 0.717) is 11.6 Å². The number of tetrazole rings is 1. The van der Waals surface area contributed by atoms with Crippen LogP contribution >= 0.6 is 0 Å². The summed E-state index contributed by atoms with van der Waals surface area (Å²) >= 11 is 0. The van der Waals surface area contributed by atoms with Gasteiger partial charge in [0.15, 0.2) is 0 Å². The first-order valence-corrected chi connectivity index (χ1v) is 11.2. The highest BCUT2D eigenvalue weighted by Gasteiger charge is 2.28. The van der Waals surface area contributed by atoms with Crippen LogP contribution in [0.15, 0.2) is 54.6 Å². The summed E-state index contributed by atoms with van der Waals surface area (Å²) in [5.41, 5.74) is 8.14. The van der Waals surface area contributed by atoms with Gasteiger partial charge in [-0.05, 0) is 72.0 Å². The van der Waals surface area contributed by atoms with Gasteiger partial charge >= 0.3 is 6.18 Å². The van der Waals surface area contributed by atoms with Crippen molar-refractivity contribution in [1.82, 2.24) is 30.2 Å². The second-order valence-electron chi connectivity index (χ2n) is 8.62. The van der Waals surface area contributed by atoms with Crippen LogP contribution in [0.2, 0.25) is 0 Å². The molecule has 0 amide bonds. The number of rotatable bonds is 5. The molecular formula is C26H23F3N6. The molecule has 5 aromatic rings. The number of aromatic amines is 1. The Morgan fingerprint density at radius 2 is 1.63 bits per heavy atom. The molecule has 2 aromatic heterocycles. The first-order valence-electron chi connectivity index (χ1n) is 11.2. The number of aryl methyl sites for hydroxylation is 3. The van der Waals surface area contributed by atoms with E-state index in [4.69, 9.17) is 0 Å². The average Bonchev–Trinajstić information content (AvgIpc) is 3.50. The molecule has 2 heterocycles. The van der Waals surface area contributed by atoms with Gasteiger partial charge in [0.05, 0.1) is 17.5 Å². The van der Waals surface area contributed by atoms with Gasteiger partial charge in [0, 0.05) is 17.7 Å². The summed E-state index contributed by atoms with van der Waals surface area (Å²) in [7, 11) is 0. The van der Waals surface area contributed by atoms with Crippen LogP contribution in [-0.2, 0) is 6.42 Å². The van der Waals surface area contributed by atoms with Crippen molar-refractivity contribution in [3.05, 3.63) is 77.1 Å². The van der Waals surface area contributed by atoms with Crippen LogP contribution in [0, 0.1) is 20.8 Å². The molecule has 178 valence electrons. The number of alkyl halides is 3. The number of hydrogen-bond acceptors (Lipinski definition) is 4. The van der Waals surface area contributed by atoms with Gasteiger partial charge < -0.3 is 0 Å². The smallest absolute Gasteiger partial charge is 0.296 e. The van der Waals surface area contributed by atoms with Crippen LogP contribution in [0.5, 0.6) is 0 Å². The molecule has 0 bridgehead atoms. The normalized spacial score (nSPS) is 11.9. The molecule has 0 spiro atoms. The zero-order valence-electron chi connectivity index (χ0n) is 19.5. The SMILES string of the molecule is Cc1cc2c(nc(CCC(F)(F)F)n2-c2ccc(-c3ccccc3-c3nn[nH]n3)cc2)c(C)c1C. The van der Waals surface area contributed by atoms with Gasteiger partial charge in [-0.15, -0.1) is 10.2 Å². The summed E-state index contributed by atoms with van der Waals surface area (Å²) < 4.78 is 41.1. The summed E-state index contributed by atoms with van der Waals surface area (Å²) in [6.07, 6.45) is -5.38. The van der Waals surface area contributed by atoms with Crippen molar-refractivity contribution in [2.75, 3.05) is 0 Å². The number of halogens is 3. The Labute approximate surface area is 199 Å². The maximum Gasteiger partial charge on any atom is 0.389 e. The monoisotopic (exact) mass is 476 g/mol. The summed E-state index contributed by atoms with van der Waals surface area (Å²) in [5.74, 6) is 0.881. The Hall–Kier alpha value is -4.01. The molecule has 9 heteroatoms. The molecule has 0 saturated carbocycles. The number of aromatic nitrogens is 6. The largest absolute Gasteiger partial charge is 0.389 e. The van der Waals surface area contributed by atoms with Crippen molar-refractivity contribution in [1.29, 1.82) is 0 Å². The van der Waals surface area contributed by atoms with E-state index in [1.807, 2.05) is 79.9 Å². The van der Waals surface area contributed by atoms with E-state index in [-0.39, 0.29) is 6.42 Å². The fraction of sp³-hybridized carbons (Fsp3) is 0.231. The minimum Gasteiger partial charge on any atom is -0.296 e. The molecular weight excluding hydrogens is 453 g/mol. The average molecular weight is 477 g/mol. The van der Waals surface area contributed by atoms with Crippen LogP contribution in [-0.4, -0.2) is 36.4 Å². The quantitative estimate of drug-likeness (QED) is 0.323. The third-order valence-electron chi connectivity index (χ3n) is 6.43. The maximum absolute atomic E-state index is 13.1. The van der Waals surface area contributed by atoms with Gasteiger partial charge in [-0.3, -0.25) is 4.57 Å². The third-order valence-corrected chi connectivity index (χ3v) is 6.43. The van der Waals surface area contributed by atoms with Crippen LogP contribution < -0.4 is 0 Å². The van der Waals surface area contributed by atoms with Crippen molar-refractivity contribution in [2.24, 2.45) is 0 Å². The van der Waals surface area contributed by atoms with Crippen molar-refractivity contribution in [3.8, 4) is 28.2 Å².